The van der Waals surface area contributed by atoms with Crippen molar-refractivity contribution in [3.63, 3.8) is 0 Å². The average molecular weight is 265 g/mol. The van der Waals surface area contributed by atoms with Crippen LogP contribution in [0.15, 0.2) is 30.3 Å². The second-order valence-corrected chi connectivity index (χ2v) is 4.72. The van der Waals surface area contributed by atoms with E-state index in [1.807, 2.05) is 37.3 Å². The van der Waals surface area contributed by atoms with Crippen LogP contribution in [0.5, 0.6) is 0 Å². The Morgan fingerprint density at radius 2 is 2.05 bits per heavy atom. The van der Waals surface area contributed by atoms with Gasteiger partial charge in [-0.2, -0.15) is 0 Å². The van der Waals surface area contributed by atoms with E-state index in [9.17, 15) is 9.90 Å². The van der Waals surface area contributed by atoms with Gasteiger partial charge >= 0.3 is 0 Å². The summed E-state index contributed by atoms with van der Waals surface area (Å²) >= 11 is 0. The Morgan fingerprint density at radius 3 is 2.63 bits per heavy atom. The standard InChI is InChI=1S/C15H23NO3/c1-12(19-2)8-9-15(18)16-14(11-17)10-13-6-4-3-5-7-13/h3-7,12,14,17H,8-11H2,1-2H3,(H,16,18). The van der Waals surface area contributed by atoms with Crippen LogP contribution < -0.4 is 5.32 Å². The largest absolute Gasteiger partial charge is 0.394 e. The molecule has 0 aromatic heterocycles. The number of hydrogen-bond acceptors (Lipinski definition) is 3. The van der Waals surface area contributed by atoms with Crippen molar-refractivity contribution in [2.24, 2.45) is 0 Å². The van der Waals surface area contributed by atoms with E-state index in [-0.39, 0.29) is 24.7 Å². The van der Waals surface area contributed by atoms with Gasteiger partial charge in [-0.3, -0.25) is 4.79 Å². The monoisotopic (exact) mass is 265 g/mol. The van der Waals surface area contributed by atoms with E-state index in [0.29, 0.717) is 19.3 Å². The topological polar surface area (TPSA) is 58.6 Å². The van der Waals surface area contributed by atoms with Crippen LogP contribution in [0.25, 0.3) is 0 Å². The Labute approximate surface area is 114 Å². The van der Waals surface area contributed by atoms with Crippen molar-refractivity contribution in [2.75, 3.05) is 13.7 Å². The molecular formula is C15H23NO3. The highest BCUT2D eigenvalue weighted by Gasteiger charge is 2.12. The van der Waals surface area contributed by atoms with Crippen LogP contribution in [0, 0.1) is 0 Å². The first-order valence-corrected chi connectivity index (χ1v) is 6.62. The number of ether oxygens (including phenoxy) is 1. The number of benzene rings is 1. The Morgan fingerprint density at radius 1 is 1.37 bits per heavy atom. The highest BCUT2D eigenvalue weighted by molar-refractivity contribution is 5.76. The lowest BCUT2D eigenvalue weighted by atomic mass is 10.1. The minimum atomic E-state index is -0.229. The van der Waals surface area contributed by atoms with Gasteiger partial charge in [-0.15, -0.1) is 0 Å². The van der Waals surface area contributed by atoms with E-state index in [2.05, 4.69) is 5.32 Å². The van der Waals surface area contributed by atoms with E-state index in [1.54, 1.807) is 7.11 Å². The minimum absolute atomic E-state index is 0.0427. The van der Waals surface area contributed by atoms with Gasteiger partial charge in [0.05, 0.1) is 18.8 Å². The molecule has 2 N–H and O–H groups in total. The number of hydrogen-bond donors (Lipinski definition) is 2. The summed E-state index contributed by atoms with van der Waals surface area (Å²) in [6.45, 7) is 1.88. The van der Waals surface area contributed by atoms with E-state index in [1.165, 1.54) is 0 Å². The van der Waals surface area contributed by atoms with Gasteiger partial charge in [-0.1, -0.05) is 30.3 Å². The highest BCUT2D eigenvalue weighted by Crippen LogP contribution is 2.04. The first-order chi connectivity index (χ1) is 9.15. The van der Waals surface area contributed by atoms with Crippen LogP contribution >= 0.6 is 0 Å². The number of methoxy groups -OCH3 is 1. The first-order valence-electron chi connectivity index (χ1n) is 6.62. The minimum Gasteiger partial charge on any atom is -0.394 e. The van der Waals surface area contributed by atoms with Crippen molar-refractivity contribution in [1.82, 2.24) is 5.32 Å². The lowest BCUT2D eigenvalue weighted by molar-refractivity contribution is -0.122. The zero-order chi connectivity index (χ0) is 14.1. The molecule has 0 radical (unpaired) electrons. The van der Waals surface area contributed by atoms with Crippen molar-refractivity contribution in [2.45, 2.75) is 38.3 Å². The summed E-state index contributed by atoms with van der Waals surface area (Å²) in [6.07, 6.45) is 1.82. The van der Waals surface area contributed by atoms with Gasteiger partial charge < -0.3 is 15.2 Å². The number of aliphatic hydroxyl groups is 1. The van der Waals surface area contributed by atoms with Crippen LogP contribution in [-0.2, 0) is 16.0 Å². The van der Waals surface area contributed by atoms with Gasteiger partial charge in [0.15, 0.2) is 0 Å². The fraction of sp³-hybridized carbons (Fsp3) is 0.533. The lowest BCUT2D eigenvalue weighted by Crippen LogP contribution is -2.39. The molecule has 106 valence electrons. The normalized spacial score (nSPS) is 13.8. The third-order valence-electron chi connectivity index (χ3n) is 3.09. The number of rotatable bonds is 8. The maximum absolute atomic E-state index is 11.7. The molecule has 0 fully saturated rings. The molecule has 4 nitrogen and oxygen atoms in total. The Balaban J connectivity index is 2.37. The molecule has 1 aromatic rings. The molecule has 0 bridgehead atoms. The molecule has 2 atom stereocenters. The molecule has 0 heterocycles. The fourth-order valence-corrected chi connectivity index (χ4v) is 1.81. The van der Waals surface area contributed by atoms with Crippen LogP contribution in [0.4, 0.5) is 0 Å². The molecule has 19 heavy (non-hydrogen) atoms. The first kappa shape index (κ1) is 15.7. The molecule has 0 aliphatic heterocycles. The molecule has 0 saturated heterocycles. The predicted octanol–water partition coefficient (Wildman–Crippen LogP) is 1.52. The van der Waals surface area contributed by atoms with Crippen molar-refractivity contribution in [1.29, 1.82) is 0 Å². The lowest BCUT2D eigenvalue weighted by Gasteiger charge is -2.17. The molecule has 1 aromatic carbocycles. The van der Waals surface area contributed by atoms with Crippen LogP contribution in [0.3, 0.4) is 0 Å². The van der Waals surface area contributed by atoms with Crippen LogP contribution in [0.2, 0.25) is 0 Å². The molecule has 1 amide bonds. The van der Waals surface area contributed by atoms with Gasteiger partial charge in [0, 0.05) is 13.5 Å². The molecule has 0 aliphatic carbocycles. The number of carbonyl (C=O) groups is 1. The van der Waals surface area contributed by atoms with Gasteiger partial charge in [-0.05, 0) is 25.3 Å². The molecule has 1 rings (SSSR count). The number of aliphatic hydroxyl groups excluding tert-OH is 1. The van der Waals surface area contributed by atoms with E-state index in [0.717, 1.165) is 5.56 Å². The third-order valence-corrected chi connectivity index (χ3v) is 3.09. The summed E-state index contributed by atoms with van der Waals surface area (Å²) < 4.78 is 5.10. The Bertz CT molecular complexity index is 367. The summed E-state index contributed by atoms with van der Waals surface area (Å²) in [5.41, 5.74) is 1.10. The predicted molar refractivity (Wildman–Crippen MR) is 74.9 cm³/mol. The molecule has 4 heteroatoms. The van der Waals surface area contributed by atoms with Crippen molar-refractivity contribution in [3.05, 3.63) is 35.9 Å². The maximum atomic E-state index is 11.7. The van der Waals surface area contributed by atoms with Crippen LogP contribution in [0.1, 0.15) is 25.3 Å². The third kappa shape index (κ3) is 6.36. The van der Waals surface area contributed by atoms with E-state index in [4.69, 9.17) is 4.74 Å². The smallest absolute Gasteiger partial charge is 0.220 e. The molecular weight excluding hydrogens is 242 g/mol. The Kier molecular flexibility index (Phi) is 7.15. The SMILES string of the molecule is COC(C)CCC(=O)NC(CO)Cc1ccccc1. The molecule has 0 saturated carbocycles. The summed E-state index contributed by atoms with van der Waals surface area (Å²) in [7, 11) is 1.63. The zero-order valence-electron chi connectivity index (χ0n) is 11.6. The van der Waals surface area contributed by atoms with Crippen LogP contribution in [-0.4, -0.2) is 36.9 Å². The fourth-order valence-electron chi connectivity index (χ4n) is 1.81. The van der Waals surface area contributed by atoms with E-state index < -0.39 is 0 Å². The van der Waals surface area contributed by atoms with Crippen molar-refractivity contribution >= 4 is 5.91 Å². The molecule has 0 aliphatic rings. The van der Waals surface area contributed by atoms with Gasteiger partial charge in [0.2, 0.25) is 5.91 Å². The Hall–Kier alpha value is -1.39. The van der Waals surface area contributed by atoms with Gasteiger partial charge in [0.1, 0.15) is 0 Å². The zero-order valence-corrected chi connectivity index (χ0v) is 11.6. The summed E-state index contributed by atoms with van der Waals surface area (Å²) in [5, 5.41) is 12.2. The number of carbonyl (C=O) groups excluding carboxylic acids is 1. The van der Waals surface area contributed by atoms with Gasteiger partial charge in [-0.25, -0.2) is 0 Å². The van der Waals surface area contributed by atoms with Gasteiger partial charge in [0.25, 0.3) is 0 Å². The summed E-state index contributed by atoms with van der Waals surface area (Å²) in [6, 6.07) is 9.59. The molecule has 2 unspecified atom stereocenters. The van der Waals surface area contributed by atoms with E-state index >= 15 is 0 Å². The maximum Gasteiger partial charge on any atom is 0.220 e. The number of amides is 1. The van der Waals surface area contributed by atoms with Crippen molar-refractivity contribution < 1.29 is 14.6 Å². The summed E-state index contributed by atoms with van der Waals surface area (Å²) in [5.74, 6) is -0.0427. The number of nitrogens with one attached hydrogen (secondary N) is 1. The quantitative estimate of drug-likeness (QED) is 0.749. The summed E-state index contributed by atoms with van der Waals surface area (Å²) in [4.78, 5) is 11.7. The molecule has 0 spiro atoms. The average Bonchev–Trinajstić information content (AvgIpc) is 2.45. The highest BCUT2D eigenvalue weighted by atomic mass is 16.5. The second kappa shape index (κ2) is 8.67. The van der Waals surface area contributed by atoms with Crippen molar-refractivity contribution in [3.8, 4) is 0 Å². The second-order valence-electron chi connectivity index (χ2n) is 4.72.